The number of alkyl halides is 3. The number of hydrogen-bond acceptors (Lipinski definition) is 8. The van der Waals surface area contributed by atoms with E-state index in [9.17, 15) is 36.1 Å². The number of nitro groups is 1. The quantitative estimate of drug-likeness (QED) is 0.233. The van der Waals surface area contributed by atoms with E-state index >= 15 is 0 Å². The molecular formula is C13H11F4NO8S. The highest BCUT2D eigenvalue weighted by molar-refractivity contribution is 7.87. The van der Waals surface area contributed by atoms with Crippen molar-refractivity contribution in [3.8, 4) is 5.75 Å². The summed E-state index contributed by atoms with van der Waals surface area (Å²) < 4.78 is 92.8. The molecule has 0 spiro atoms. The van der Waals surface area contributed by atoms with E-state index in [2.05, 4.69) is 4.18 Å². The lowest BCUT2D eigenvalue weighted by molar-refractivity contribution is -0.386. The summed E-state index contributed by atoms with van der Waals surface area (Å²) in [5, 5.41) is 11.0. The topological polar surface area (TPSA) is 114 Å². The number of fused-ring (bicyclic) bond motifs is 1. The van der Waals surface area contributed by atoms with Gasteiger partial charge in [-0.2, -0.15) is 21.6 Å². The molecular weight excluding hydrogens is 406 g/mol. The molecule has 0 radical (unpaired) electrons. The third kappa shape index (κ3) is 3.83. The van der Waals surface area contributed by atoms with Crippen molar-refractivity contribution in [2.45, 2.75) is 29.9 Å². The zero-order chi connectivity index (χ0) is 20.0. The van der Waals surface area contributed by atoms with Crippen LogP contribution in [0.1, 0.15) is 0 Å². The van der Waals surface area contributed by atoms with E-state index in [-0.39, 0.29) is 6.61 Å². The van der Waals surface area contributed by atoms with Gasteiger partial charge < -0.3 is 14.2 Å². The van der Waals surface area contributed by atoms with E-state index in [4.69, 9.17) is 14.2 Å². The maximum absolute atomic E-state index is 13.4. The van der Waals surface area contributed by atoms with Crippen LogP contribution in [0.4, 0.5) is 23.2 Å². The second kappa shape index (κ2) is 6.85. The number of halogens is 4. The summed E-state index contributed by atoms with van der Waals surface area (Å²) in [7, 11) is -5.86. The minimum absolute atomic E-state index is 0.283. The lowest BCUT2D eigenvalue weighted by atomic mass is 10.1. The summed E-state index contributed by atoms with van der Waals surface area (Å²) in [6.07, 6.45) is -4.88. The molecule has 0 aromatic heterocycles. The Kier molecular flexibility index (Phi) is 5.00. The summed E-state index contributed by atoms with van der Waals surface area (Å²) in [6, 6.07) is 2.51. The zero-order valence-electron chi connectivity index (χ0n) is 13.1. The van der Waals surface area contributed by atoms with Crippen molar-refractivity contribution in [3.05, 3.63) is 34.1 Å². The van der Waals surface area contributed by atoms with E-state index in [1.165, 1.54) is 0 Å². The number of benzene rings is 1. The second-order valence-electron chi connectivity index (χ2n) is 5.66. The third-order valence-electron chi connectivity index (χ3n) is 3.89. The minimum atomic E-state index is -5.86. The summed E-state index contributed by atoms with van der Waals surface area (Å²) in [5.41, 5.74) is -6.15. The third-order valence-corrected chi connectivity index (χ3v) is 4.96. The minimum Gasteiger partial charge on any atom is -0.478 e. The molecule has 2 fully saturated rings. The SMILES string of the molecule is O=[N+]([O-])c1ccc(F)cc1O[C@@H]1CO[C@@H]2[C@H]1OC[C@H]2OS(=O)(=O)C(F)(F)F. The predicted molar refractivity (Wildman–Crippen MR) is 76.8 cm³/mol. The van der Waals surface area contributed by atoms with Gasteiger partial charge in [0.15, 0.2) is 11.9 Å². The monoisotopic (exact) mass is 417 g/mol. The van der Waals surface area contributed by atoms with Gasteiger partial charge in [-0.15, -0.1) is 0 Å². The first-order valence-electron chi connectivity index (χ1n) is 7.33. The Hall–Kier alpha value is -2.03. The van der Waals surface area contributed by atoms with Gasteiger partial charge in [0.25, 0.3) is 0 Å². The van der Waals surface area contributed by atoms with E-state index in [0.717, 1.165) is 18.2 Å². The molecule has 2 heterocycles. The highest BCUT2D eigenvalue weighted by atomic mass is 32.2. The smallest absolute Gasteiger partial charge is 0.478 e. The van der Waals surface area contributed by atoms with E-state index in [1.807, 2.05) is 0 Å². The van der Waals surface area contributed by atoms with Crippen LogP contribution in [0.2, 0.25) is 0 Å². The Morgan fingerprint density at radius 1 is 1.15 bits per heavy atom. The van der Waals surface area contributed by atoms with Crippen molar-refractivity contribution >= 4 is 15.8 Å². The van der Waals surface area contributed by atoms with Crippen LogP contribution in [0.3, 0.4) is 0 Å². The Morgan fingerprint density at radius 3 is 2.33 bits per heavy atom. The molecule has 0 saturated carbocycles. The standard InChI is InChI=1S/C13H11F4NO8S/c14-6-1-2-7(18(19)20)8(3-6)25-9-4-23-12-10(5-24-11(9)12)26-27(21,22)13(15,16)17/h1-3,9-12H,4-5H2/t9-,10-,11+,12+/m1/s1. The van der Waals surface area contributed by atoms with Gasteiger partial charge >= 0.3 is 21.3 Å². The maximum Gasteiger partial charge on any atom is 0.523 e. The molecule has 0 bridgehead atoms. The van der Waals surface area contributed by atoms with Crippen LogP contribution in [0.5, 0.6) is 5.75 Å². The lowest BCUT2D eigenvalue weighted by Crippen LogP contribution is -2.38. The molecule has 9 nitrogen and oxygen atoms in total. The van der Waals surface area contributed by atoms with Crippen LogP contribution in [-0.4, -0.2) is 56.5 Å². The van der Waals surface area contributed by atoms with Crippen molar-refractivity contribution in [3.63, 3.8) is 0 Å². The lowest BCUT2D eigenvalue weighted by Gasteiger charge is -2.18. The first-order chi connectivity index (χ1) is 12.5. The second-order valence-corrected chi connectivity index (χ2v) is 7.22. The summed E-state index contributed by atoms with van der Waals surface area (Å²) in [5.74, 6) is -1.24. The number of nitro benzene ring substituents is 1. The average molecular weight is 417 g/mol. The molecule has 0 unspecified atom stereocenters. The van der Waals surface area contributed by atoms with E-state index in [1.54, 1.807) is 0 Å². The molecule has 4 atom stereocenters. The van der Waals surface area contributed by atoms with Crippen LogP contribution in [0.15, 0.2) is 18.2 Å². The van der Waals surface area contributed by atoms with Crippen LogP contribution in [0, 0.1) is 15.9 Å². The first kappa shape index (κ1) is 19.7. The summed E-state index contributed by atoms with van der Waals surface area (Å²) in [4.78, 5) is 10.2. The van der Waals surface area contributed by atoms with Crippen molar-refractivity contribution < 1.29 is 49.3 Å². The molecule has 1 aromatic rings. The number of rotatable bonds is 5. The molecule has 2 aliphatic heterocycles. The van der Waals surface area contributed by atoms with Crippen LogP contribution in [0.25, 0.3) is 0 Å². The average Bonchev–Trinajstić information content (AvgIpc) is 3.10. The van der Waals surface area contributed by atoms with E-state index < -0.39 is 68.8 Å². The summed E-state index contributed by atoms with van der Waals surface area (Å²) in [6.45, 7) is -0.815. The molecule has 3 rings (SSSR count). The highest BCUT2D eigenvalue weighted by Crippen LogP contribution is 2.36. The van der Waals surface area contributed by atoms with Crippen molar-refractivity contribution in [2.24, 2.45) is 0 Å². The van der Waals surface area contributed by atoms with Gasteiger partial charge in [-0.3, -0.25) is 14.3 Å². The normalized spacial score (nSPS) is 28.1. The Morgan fingerprint density at radius 2 is 1.74 bits per heavy atom. The highest BCUT2D eigenvalue weighted by Gasteiger charge is 2.55. The fourth-order valence-electron chi connectivity index (χ4n) is 2.73. The molecule has 27 heavy (non-hydrogen) atoms. The zero-order valence-corrected chi connectivity index (χ0v) is 13.9. The number of ether oxygens (including phenoxy) is 3. The number of nitrogens with zero attached hydrogens (tertiary/aromatic N) is 1. The fourth-order valence-corrected chi connectivity index (χ4v) is 3.33. The molecule has 14 heteroatoms. The maximum atomic E-state index is 13.4. The fraction of sp³-hybridized carbons (Fsp3) is 0.538. The van der Waals surface area contributed by atoms with Crippen LogP contribution < -0.4 is 4.74 Å². The van der Waals surface area contributed by atoms with Gasteiger partial charge in [-0.1, -0.05) is 0 Å². The first-order valence-corrected chi connectivity index (χ1v) is 8.74. The van der Waals surface area contributed by atoms with E-state index in [0.29, 0.717) is 0 Å². The number of hydrogen-bond donors (Lipinski definition) is 0. The molecule has 0 amide bonds. The predicted octanol–water partition coefficient (Wildman–Crippen LogP) is 1.51. The van der Waals surface area contributed by atoms with Crippen molar-refractivity contribution in [1.29, 1.82) is 0 Å². The molecule has 2 aliphatic rings. The van der Waals surface area contributed by atoms with Gasteiger partial charge in [0, 0.05) is 12.1 Å². The van der Waals surface area contributed by atoms with Gasteiger partial charge in [0.2, 0.25) is 0 Å². The van der Waals surface area contributed by atoms with Gasteiger partial charge in [-0.25, -0.2) is 4.39 Å². The van der Waals surface area contributed by atoms with Gasteiger partial charge in [-0.05, 0) is 6.07 Å². The summed E-state index contributed by atoms with van der Waals surface area (Å²) >= 11 is 0. The molecule has 1 aromatic carbocycles. The Balaban J connectivity index is 1.73. The van der Waals surface area contributed by atoms with Gasteiger partial charge in [0.1, 0.15) is 24.1 Å². The molecule has 0 aliphatic carbocycles. The largest absolute Gasteiger partial charge is 0.523 e. The molecule has 2 saturated heterocycles. The van der Waals surface area contributed by atoms with Crippen molar-refractivity contribution in [1.82, 2.24) is 0 Å². The molecule has 150 valence electrons. The van der Waals surface area contributed by atoms with Crippen LogP contribution in [-0.2, 0) is 23.8 Å². The Bertz CT molecular complexity index is 845. The van der Waals surface area contributed by atoms with Crippen LogP contribution >= 0.6 is 0 Å². The van der Waals surface area contributed by atoms with Crippen molar-refractivity contribution in [2.75, 3.05) is 13.2 Å². The van der Waals surface area contributed by atoms with Gasteiger partial charge in [0.05, 0.1) is 18.1 Å². The molecule has 0 N–H and O–H groups in total. The Labute approximate surface area is 149 Å².